The molecule has 0 aliphatic carbocycles. The Morgan fingerprint density at radius 2 is 1.02 bits per heavy atom. The van der Waals surface area contributed by atoms with E-state index in [1.807, 2.05) is 12.4 Å². The minimum atomic E-state index is -0.585. The summed E-state index contributed by atoms with van der Waals surface area (Å²) >= 11 is 0. The van der Waals surface area contributed by atoms with Crippen LogP contribution in [0.15, 0.2) is 170 Å². The third-order valence-corrected chi connectivity index (χ3v) is 9.28. The van der Waals surface area contributed by atoms with E-state index in [2.05, 4.69) is 166 Å². The lowest BCUT2D eigenvalue weighted by atomic mass is 9.63. The molecule has 0 fully saturated rings. The molecule has 4 heteroatoms. The molecule has 2 aromatic heterocycles. The molecule has 1 aliphatic rings. The molecule has 0 spiro atoms. The van der Waals surface area contributed by atoms with E-state index in [-0.39, 0.29) is 0 Å². The van der Waals surface area contributed by atoms with Crippen molar-refractivity contribution in [2.24, 2.45) is 0 Å². The van der Waals surface area contributed by atoms with Crippen molar-refractivity contribution >= 4 is 11.0 Å². The van der Waals surface area contributed by atoms with Gasteiger partial charge < -0.3 is 0 Å². The van der Waals surface area contributed by atoms with Crippen molar-refractivity contribution in [3.8, 4) is 39.3 Å². The first-order valence-electron chi connectivity index (χ1n) is 15.5. The van der Waals surface area contributed by atoms with E-state index in [1.54, 1.807) is 6.33 Å². The fraction of sp³-hybridized carbons (Fsp3) is 0.0238. The Morgan fingerprint density at radius 1 is 0.457 bits per heavy atom. The summed E-state index contributed by atoms with van der Waals surface area (Å²) in [5.41, 5.74) is 13.0. The third kappa shape index (κ3) is 3.90. The number of benzene rings is 6. The van der Waals surface area contributed by atoms with Gasteiger partial charge in [-0.1, -0.05) is 133 Å². The molecule has 8 aromatic rings. The highest BCUT2D eigenvalue weighted by atomic mass is 15.1. The van der Waals surface area contributed by atoms with Crippen molar-refractivity contribution in [3.63, 3.8) is 0 Å². The van der Waals surface area contributed by atoms with Gasteiger partial charge in [0.05, 0.1) is 27.7 Å². The van der Waals surface area contributed by atoms with Crippen LogP contribution >= 0.6 is 0 Å². The first-order chi connectivity index (χ1) is 22.8. The van der Waals surface area contributed by atoms with E-state index in [0.717, 1.165) is 33.7 Å². The first kappa shape index (κ1) is 26.3. The highest BCUT2D eigenvalue weighted by Crippen LogP contribution is 2.54. The summed E-state index contributed by atoms with van der Waals surface area (Å²) in [7, 11) is 0. The summed E-state index contributed by atoms with van der Waals surface area (Å²) < 4.78 is 2.31. The predicted molar refractivity (Wildman–Crippen MR) is 185 cm³/mol. The zero-order chi connectivity index (χ0) is 30.5. The molecule has 0 N–H and O–H groups in total. The van der Waals surface area contributed by atoms with Crippen molar-refractivity contribution in [2.75, 3.05) is 0 Å². The van der Waals surface area contributed by atoms with Crippen LogP contribution in [0.25, 0.3) is 50.4 Å². The molecule has 9 rings (SSSR count). The van der Waals surface area contributed by atoms with Crippen molar-refractivity contribution in [1.29, 1.82) is 0 Å². The third-order valence-electron chi connectivity index (χ3n) is 9.28. The molecule has 4 nitrogen and oxygen atoms in total. The number of hydrogen-bond donors (Lipinski definition) is 0. The zero-order valence-corrected chi connectivity index (χ0v) is 25.0. The number of hydrogen-bond acceptors (Lipinski definition) is 3. The van der Waals surface area contributed by atoms with Crippen LogP contribution in [0.1, 0.15) is 22.3 Å². The maximum atomic E-state index is 5.21. The van der Waals surface area contributed by atoms with Gasteiger partial charge >= 0.3 is 0 Å². The quantitative estimate of drug-likeness (QED) is 0.201. The van der Waals surface area contributed by atoms with Gasteiger partial charge in [-0.2, -0.15) is 0 Å². The molecule has 6 aromatic carbocycles. The first-order valence-corrected chi connectivity index (χ1v) is 15.5. The Hall–Kier alpha value is -6.13. The SMILES string of the molecule is c1ccc(-c2ccc(-c3ccc4c(c3)C(c3ccccc3)(c3ccccc3)c3cccc5nc(-c6cncnc6)n-4c35)cc2)cc1. The van der Waals surface area contributed by atoms with Crippen LogP contribution in [0.5, 0.6) is 0 Å². The van der Waals surface area contributed by atoms with E-state index in [9.17, 15) is 0 Å². The summed E-state index contributed by atoms with van der Waals surface area (Å²) in [4.78, 5) is 13.9. The van der Waals surface area contributed by atoms with E-state index < -0.39 is 5.41 Å². The van der Waals surface area contributed by atoms with Gasteiger partial charge in [-0.3, -0.25) is 4.57 Å². The summed E-state index contributed by atoms with van der Waals surface area (Å²) in [5.74, 6) is 0.832. The molecule has 3 heterocycles. The lowest BCUT2D eigenvalue weighted by Gasteiger charge is -2.41. The van der Waals surface area contributed by atoms with Crippen LogP contribution in [0.2, 0.25) is 0 Å². The van der Waals surface area contributed by atoms with Gasteiger partial charge in [-0.05, 0) is 62.7 Å². The fourth-order valence-corrected chi connectivity index (χ4v) is 7.28. The van der Waals surface area contributed by atoms with E-state index in [1.165, 1.54) is 38.9 Å². The number of imidazole rings is 1. The Kier molecular flexibility index (Phi) is 6.00. The van der Waals surface area contributed by atoms with Gasteiger partial charge in [0.25, 0.3) is 0 Å². The second-order valence-corrected chi connectivity index (χ2v) is 11.7. The van der Waals surface area contributed by atoms with Gasteiger partial charge in [-0.15, -0.1) is 0 Å². The maximum Gasteiger partial charge on any atom is 0.148 e. The standard InChI is InChI=1S/C42H28N4/c1-4-11-29(12-5-1)30-19-21-31(22-20-30)32-23-24-39-37(25-32)42(34-13-6-2-7-14-34,35-15-8-3-9-16-35)36-17-10-18-38-40(36)46(39)41(45-38)33-26-43-28-44-27-33/h1-28H. The molecule has 0 bridgehead atoms. The Labute approximate surface area is 267 Å². The van der Waals surface area contributed by atoms with Crippen molar-refractivity contribution < 1.29 is 0 Å². The van der Waals surface area contributed by atoms with Crippen LogP contribution in [0.4, 0.5) is 0 Å². The predicted octanol–water partition coefficient (Wildman–Crippen LogP) is 9.51. The smallest absolute Gasteiger partial charge is 0.148 e. The highest BCUT2D eigenvalue weighted by molar-refractivity contribution is 5.93. The normalized spacial score (nSPS) is 13.0. The molecule has 0 radical (unpaired) electrons. The average molecular weight is 589 g/mol. The molecule has 216 valence electrons. The molecule has 0 saturated heterocycles. The minimum Gasteiger partial charge on any atom is -0.292 e. The topological polar surface area (TPSA) is 43.6 Å². The number of fused-ring (bicyclic) bond motifs is 2. The highest BCUT2D eigenvalue weighted by Gasteiger charge is 2.45. The minimum absolute atomic E-state index is 0.585. The molecular weight excluding hydrogens is 560 g/mol. The van der Waals surface area contributed by atoms with E-state index in [4.69, 9.17) is 4.98 Å². The lowest BCUT2D eigenvalue weighted by Crippen LogP contribution is -2.35. The molecule has 0 atom stereocenters. The molecule has 0 unspecified atom stereocenters. The molecule has 1 aliphatic heterocycles. The summed E-state index contributed by atoms with van der Waals surface area (Å²) in [6.45, 7) is 0. The van der Waals surface area contributed by atoms with E-state index >= 15 is 0 Å². The monoisotopic (exact) mass is 588 g/mol. The Balaban J connectivity index is 1.37. The van der Waals surface area contributed by atoms with Gasteiger partial charge in [-0.25, -0.2) is 15.0 Å². The average Bonchev–Trinajstić information content (AvgIpc) is 3.54. The second-order valence-electron chi connectivity index (χ2n) is 11.7. The summed E-state index contributed by atoms with van der Waals surface area (Å²) in [6.07, 6.45) is 5.25. The molecular formula is C42H28N4. The Bertz CT molecular complexity index is 2290. The van der Waals surface area contributed by atoms with E-state index in [0.29, 0.717) is 0 Å². The Morgan fingerprint density at radius 3 is 1.67 bits per heavy atom. The number of rotatable bonds is 5. The summed E-state index contributed by atoms with van der Waals surface area (Å²) in [6, 6.07) is 54.6. The molecule has 46 heavy (non-hydrogen) atoms. The largest absolute Gasteiger partial charge is 0.292 e. The molecule has 0 amide bonds. The van der Waals surface area contributed by atoms with Gasteiger partial charge in [0.2, 0.25) is 0 Å². The number of para-hydroxylation sites is 1. The van der Waals surface area contributed by atoms with Crippen LogP contribution in [-0.2, 0) is 5.41 Å². The lowest BCUT2D eigenvalue weighted by molar-refractivity contribution is 0.726. The number of nitrogens with zero attached hydrogens (tertiary/aromatic N) is 4. The van der Waals surface area contributed by atoms with Crippen LogP contribution in [-0.4, -0.2) is 19.5 Å². The van der Waals surface area contributed by atoms with Crippen LogP contribution in [0.3, 0.4) is 0 Å². The van der Waals surface area contributed by atoms with Crippen molar-refractivity contribution in [2.45, 2.75) is 5.41 Å². The van der Waals surface area contributed by atoms with Gasteiger partial charge in [0.1, 0.15) is 12.2 Å². The van der Waals surface area contributed by atoms with Crippen molar-refractivity contribution in [3.05, 3.63) is 193 Å². The second kappa shape index (κ2) is 10.5. The number of aromatic nitrogens is 4. The fourth-order valence-electron chi connectivity index (χ4n) is 7.28. The van der Waals surface area contributed by atoms with Crippen molar-refractivity contribution in [1.82, 2.24) is 19.5 Å². The molecule has 0 saturated carbocycles. The van der Waals surface area contributed by atoms with Gasteiger partial charge in [0, 0.05) is 12.4 Å². The summed E-state index contributed by atoms with van der Waals surface area (Å²) in [5, 5.41) is 0. The van der Waals surface area contributed by atoms with Gasteiger partial charge in [0.15, 0.2) is 0 Å². The zero-order valence-electron chi connectivity index (χ0n) is 25.0. The maximum absolute atomic E-state index is 5.21. The van der Waals surface area contributed by atoms with Crippen LogP contribution < -0.4 is 0 Å². The van der Waals surface area contributed by atoms with Crippen LogP contribution in [0, 0.1) is 0 Å².